The fourth-order valence-corrected chi connectivity index (χ4v) is 1.78. The molecule has 1 heterocycles. The lowest BCUT2D eigenvalue weighted by molar-refractivity contribution is 0.249. The van der Waals surface area contributed by atoms with E-state index in [0.29, 0.717) is 11.3 Å². The Bertz CT molecular complexity index is 634. The zero-order chi connectivity index (χ0) is 14.4. The number of nitrogens with one attached hydrogen (secondary N) is 2. The highest BCUT2D eigenvalue weighted by Gasteiger charge is 2.10. The Morgan fingerprint density at radius 3 is 2.65 bits per heavy atom. The molecule has 1 atom stereocenters. The van der Waals surface area contributed by atoms with Crippen molar-refractivity contribution in [1.29, 1.82) is 5.26 Å². The number of hydrogen-bond donors (Lipinski definition) is 2. The zero-order valence-corrected chi connectivity index (χ0v) is 11.0. The lowest BCUT2D eigenvalue weighted by Crippen LogP contribution is -2.31. The van der Waals surface area contributed by atoms with Gasteiger partial charge in [-0.05, 0) is 36.8 Å². The molecule has 2 aromatic rings. The summed E-state index contributed by atoms with van der Waals surface area (Å²) in [5, 5.41) is 14.4. The first-order valence-corrected chi connectivity index (χ1v) is 6.17. The molecule has 100 valence electrons. The monoisotopic (exact) mass is 266 g/mol. The van der Waals surface area contributed by atoms with E-state index in [2.05, 4.69) is 15.6 Å². The maximum absolute atomic E-state index is 11.9. The van der Waals surface area contributed by atoms with Gasteiger partial charge >= 0.3 is 6.03 Å². The van der Waals surface area contributed by atoms with Gasteiger partial charge in [-0.15, -0.1) is 0 Å². The quantitative estimate of drug-likeness (QED) is 0.896. The van der Waals surface area contributed by atoms with Crippen LogP contribution in [0.1, 0.15) is 24.1 Å². The smallest absolute Gasteiger partial charge is 0.319 e. The second-order valence-electron chi connectivity index (χ2n) is 4.26. The Labute approximate surface area is 117 Å². The van der Waals surface area contributed by atoms with Crippen molar-refractivity contribution in [2.24, 2.45) is 0 Å². The lowest BCUT2D eigenvalue weighted by Gasteiger charge is -2.15. The van der Waals surface area contributed by atoms with Gasteiger partial charge < -0.3 is 10.6 Å². The number of carbonyl (C=O) groups is 1. The van der Waals surface area contributed by atoms with Crippen LogP contribution >= 0.6 is 0 Å². The van der Waals surface area contributed by atoms with Crippen molar-refractivity contribution in [2.45, 2.75) is 13.0 Å². The van der Waals surface area contributed by atoms with Crippen molar-refractivity contribution in [3.05, 3.63) is 59.9 Å². The molecule has 2 rings (SSSR count). The lowest BCUT2D eigenvalue weighted by atomic mass is 10.1. The van der Waals surface area contributed by atoms with Crippen molar-refractivity contribution in [1.82, 2.24) is 10.3 Å². The topological polar surface area (TPSA) is 77.8 Å². The van der Waals surface area contributed by atoms with Gasteiger partial charge in [0.05, 0.1) is 17.3 Å². The van der Waals surface area contributed by atoms with Crippen LogP contribution in [0.4, 0.5) is 10.5 Å². The standard InChI is InChI=1S/C15H14N4O/c1-11(12-6-8-17-9-7-12)18-15(20)19-14-5-3-2-4-13(14)10-16/h2-9,11H,1H3,(H2,18,19,20). The summed E-state index contributed by atoms with van der Waals surface area (Å²) >= 11 is 0. The van der Waals surface area contributed by atoms with E-state index < -0.39 is 0 Å². The van der Waals surface area contributed by atoms with E-state index in [1.54, 1.807) is 36.7 Å². The van der Waals surface area contributed by atoms with Crippen molar-refractivity contribution in [3.63, 3.8) is 0 Å². The number of rotatable bonds is 3. The molecule has 2 N–H and O–H groups in total. The first-order chi connectivity index (χ1) is 9.70. The Morgan fingerprint density at radius 1 is 1.25 bits per heavy atom. The van der Waals surface area contributed by atoms with E-state index in [1.165, 1.54) is 0 Å². The summed E-state index contributed by atoms with van der Waals surface area (Å²) in [7, 11) is 0. The molecule has 0 spiro atoms. The van der Waals surface area contributed by atoms with Gasteiger partial charge in [-0.1, -0.05) is 12.1 Å². The predicted molar refractivity (Wildman–Crippen MR) is 76.0 cm³/mol. The molecule has 5 heteroatoms. The molecule has 2 amide bonds. The molecule has 0 aliphatic rings. The SMILES string of the molecule is CC(NC(=O)Nc1ccccc1C#N)c1ccncc1. The van der Waals surface area contributed by atoms with Crippen LogP contribution in [-0.4, -0.2) is 11.0 Å². The molecule has 1 aromatic heterocycles. The number of nitrogens with zero attached hydrogens (tertiary/aromatic N) is 2. The van der Waals surface area contributed by atoms with Crippen LogP contribution in [0.3, 0.4) is 0 Å². The Kier molecular flexibility index (Phi) is 4.30. The number of benzene rings is 1. The molecule has 0 saturated heterocycles. The second kappa shape index (κ2) is 6.34. The molecule has 5 nitrogen and oxygen atoms in total. The number of pyridine rings is 1. The van der Waals surface area contributed by atoms with Gasteiger partial charge in [-0.2, -0.15) is 5.26 Å². The average molecular weight is 266 g/mol. The molecule has 1 unspecified atom stereocenters. The minimum absolute atomic E-state index is 0.146. The van der Waals surface area contributed by atoms with Crippen LogP contribution < -0.4 is 10.6 Å². The predicted octanol–water partition coefficient (Wildman–Crippen LogP) is 2.84. The molecule has 0 aliphatic carbocycles. The van der Waals surface area contributed by atoms with Crippen LogP contribution in [0.5, 0.6) is 0 Å². The fourth-order valence-electron chi connectivity index (χ4n) is 1.78. The number of anilines is 1. The van der Waals surface area contributed by atoms with Crippen molar-refractivity contribution in [2.75, 3.05) is 5.32 Å². The highest BCUT2D eigenvalue weighted by Crippen LogP contribution is 2.14. The summed E-state index contributed by atoms with van der Waals surface area (Å²) in [5.74, 6) is 0. The van der Waals surface area contributed by atoms with Crippen LogP contribution in [-0.2, 0) is 0 Å². The first kappa shape index (κ1) is 13.6. The number of para-hydroxylation sites is 1. The highest BCUT2D eigenvalue weighted by atomic mass is 16.2. The maximum atomic E-state index is 11.9. The summed E-state index contributed by atoms with van der Waals surface area (Å²) in [6.07, 6.45) is 3.35. The average Bonchev–Trinajstić information content (AvgIpc) is 2.48. The van der Waals surface area contributed by atoms with E-state index in [9.17, 15) is 4.79 Å². The molecular formula is C15H14N4O. The maximum Gasteiger partial charge on any atom is 0.319 e. The Hall–Kier alpha value is -2.87. The Balaban J connectivity index is 2.01. The second-order valence-corrected chi connectivity index (χ2v) is 4.26. The molecule has 0 saturated carbocycles. The number of hydrogen-bond acceptors (Lipinski definition) is 3. The molecule has 0 radical (unpaired) electrons. The molecule has 0 fully saturated rings. The summed E-state index contributed by atoms with van der Waals surface area (Å²) in [6, 6.07) is 12.1. The van der Waals surface area contributed by atoms with Crippen LogP contribution in [0.15, 0.2) is 48.8 Å². The number of urea groups is 1. The summed E-state index contributed by atoms with van der Waals surface area (Å²) in [4.78, 5) is 15.9. The molecule has 0 bridgehead atoms. The van der Waals surface area contributed by atoms with Crippen LogP contribution in [0, 0.1) is 11.3 Å². The van der Waals surface area contributed by atoms with Gasteiger partial charge in [0.1, 0.15) is 6.07 Å². The van der Waals surface area contributed by atoms with Crippen LogP contribution in [0.25, 0.3) is 0 Å². The minimum Gasteiger partial charge on any atom is -0.331 e. The molecular weight excluding hydrogens is 252 g/mol. The third kappa shape index (κ3) is 3.33. The number of carbonyl (C=O) groups excluding carboxylic acids is 1. The van der Waals surface area contributed by atoms with Gasteiger partial charge in [0.15, 0.2) is 0 Å². The van der Waals surface area contributed by atoms with Crippen molar-refractivity contribution in [3.8, 4) is 6.07 Å². The zero-order valence-electron chi connectivity index (χ0n) is 11.0. The largest absolute Gasteiger partial charge is 0.331 e. The van der Waals surface area contributed by atoms with Gasteiger partial charge in [0, 0.05) is 12.4 Å². The number of aromatic nitrogens is 1. The van der Waals surface area contributed by atoms with Gasteiger partial charge in [-0.25, -0.2) is 4.79 Å². The van der Waals surface area contributed by atoms with Crippen LogP contribution in [0.2, 0.25) is 0 Å². The third-order valence-corrected chi connectivity index (χ3v) is 2.85. The summed E-state index contributed by atoms with van der Waals surface area (Å²) < 4.78 is 0. The summed E-state index contributed by atoms with van der Waals surface area (Å²) in [6.45, 7) is 1.88. The van der Waals surface area contributed by atoms with Crippen molar-refractivity contribution < 1.29 is 4.79 Å². The van der Waals surface area contributed by atoms with Crippen molar-refractivity contribution >= 4 is 11.7 Å². The number of amides is 2. The van der Waals surface area contributed by atoms with E-state index in [4.69, 9.17) is 5.26 Å². The molecule has 0 aliphatic heterocycles. The normalized spacial score (nSPS) is 11.2. The fraction of sp³-hybridized carbons (Fsp3) is 0.133. The third-order valence-electron chi connectivity index (χ3n) is 2.85. The first-order valence-electron chi connectivity index (χ1n) is 6.17. The van der Waals surface area contributed by atoms with E-state index in [0.717, 1.165) is 5.56 Å². The highest BCUT2D eigenvalue weighted by molar-refractivity contribution is 5.90. The number of nitriles is 1. The van der Waals surface area contributed by atoms with Gasteiger partial charge in [0.2, 0.25) is 0 Å². The van der Waals surface area contributed by atoms with E-state index >= 15 is 0 Å². The Morgan fingerprint density at radius 2 is 1.95 bits per heavy atom. The molecule has 1 aromatic carbocycles. The summed E-state index contributed by atoms with van der Waals surface area (Å²) in [5.41, 5.74) is 1.89. The minimum atomic E-state index is -0.350. The molecule has 20 heavy (non-hydrogen) atoms. The van der Waals surface area contributed by atoms with E-state index in [-0.39, 0.29) is 12.1 Å². The van der Waals surface area contributed by atoms with Gasteiger partial charge in [0.25, 0.3) is 0 Å². The van der Waals surface area contributed by atoms with Gasteiger partial charge in [-0.3, -0.25) is 4.98 Å². The van der Waals surface area contributed by atoms with E-state index in [1.807, 2.05) is 25.1 Å².